The number of hydrogen-bond donors (Lipinski definition) is 4. The number of esters is 1. The number of ether oxygens (including phenoxy) is 5. The maximum absolute atomic E-state index is 13.6. The van der Waals surface area contributed by atoms with Crippen LogP contribution in [-0.2, 0) is 47.2 Å². The van der Waals surface area contributed by atoms with Crippen LogP contribution >= 0.6 is 11.8 Å². The van der Waals surface area contributed by atoms with Crippen molar-refractivity contribution in [2.45, 2.75) is 56.9 Å². The van der Waals surface area contributed by atoms with Gasteiger partial charge in [-0.3, -0.25) is 4.79 Å². The fourth-order valence-corrected chi connectivity index (χ4v) is 9.06. The van der Waals surface area contributed by atoms with Gasteiger partial charge in [0.25, 0.3) is 10.2 Å². The van der Waals surface area contributed by atoms with Gasteiger partial charge in [-0.1, -0.05) is 31.2 Å². The van der Waals surface area contributed by atoms with E-state index in [4.69, 9.17) is 28.8 Å². The Balaban J connectivity index is 1.34. The van der Waals surface area contributed by atoms with E-state index in [1.807, 2.05) is 0 Å². The lowest BCUT2D eigenvalue weighted by Gasteiger charge is -2.46. The second kappa shape index (κ2) is 17.8. The number of nitrogens with zero attached hydrogens (tertiary/aromatic N) is 2. The molecular weight excluding hydrogens is 749 g/mol. The Labute approximate surface area is 317 Å². The third-order valence-corrected chi connectivity index (χ3v) is 12.0. The number of thioether (sulfide) groups is 1. The smallest absolute Gasteiger partial charge is 0.497 e. The van der Waals surface area contributed by atoms with Crippen LogP contribution in [0.25, 0.3) is 0 Å². The molecular formula is C35H44N4O13S2. The summed E-state index contributed by atoms with van der Waals surface area (Å²) in [7, 11) is -0.974. The number of aliphatic hydroxyl groups is 2. The molecule has 17 nitrogen and oxygen atoms in total. The van der Waals surface area contributed by atoms with Crippen molar-refractivity contribution in [1.29, 1.82) is 0 Å². The van der Waals surface area contributed by atoms with Gasteiger partial charge in [0.1, 0.15) is 30.4 Å². The van der Waals surface area contributed by atoms with Crippen molar-refractivity contribution in [3.63, 3.8) is 0 Å². The second-order valence-corrected chi connectivity index (χ2v) is 15.8. The summed E-state index contributed by atoms with van der Waals surface area (Å²) in [6.45, 7) is 2.26. The van der Waals surface area contributed by atoms with Crippen molar-refractivity contribution in [2.24, 2.45) is 11.8 Å². The Hall–Kier alpha value is -4.40. The van der Waals surface area contributed by atoms with Crippen LogP contribution in [0.15, 0.2) is 59.1 Å². The van der Waals surface area contributed by atoms with Crippen molar-refractivity contribution >= 4 is 46.1 Å². The number of benzene rings is 2. The van der Waals surface area contributed by atoms with E-state index in [-0.39, 0.29) is 45.0 Å². The van der Waals surface area contributed by atoms with Crippen molar-refractivity contribution in [3.8, 4) is 11.5 Å². The van der Waals surface area contributed by atoms with Crippen LogP contribution in [-0.4, -0.2) is 116 Å². The summed E-state index contributed by atoms with van der Waals surface area (Å²) < 4.78 is 55.7. The fraction of sp³-hybridized carbons (Fsp3) is 0.486. The van der Waals surface area contributed by atoms with Crippen LogP contribution in [0.4, 0.5) is 9.59 Å². The normalized spacial score (nSPS) is 22.7. The highest BCUT2D eigenvalue weighted by atomic mass is 32.2. The number of carbonyl (C=O) groups excluding carboxylic acids is 4. The summed E-state index contributed by atoms with van der Waals surface area (Å²) in [5.41, 5.74) is 1.14. The van der Waals surface area contributed by atoms with E-state index < -0.39 is 76.2 Å². The molecule has 0 aromatic heterocycles. The van der Waals surface area contributed by atoms with Crippen LogP contribution in [0.3, 0.4) is 0 Å². The average Bonchev–Trinajstić information content (AvgIpc) is 3.67. The van der Waals surface area contributed by atoms with Gasteiger partial charge in [-0.15, -0.1) is 11.8 Å². The quantitative estimate of drug-likeness (QED) is 0.108. The lowest BCUT2D eigenvalue weighted by atomic mass is 9.79. The van der Waals surface area contributed by atoms with Gasteiger partial charge in [0.15, 0.2) is 0 Å². The van der Waals surface area contributed by atoms with Gasteiger partial charge in [-0.2, -0.15) is 8.42 Å². The Morgan fingerprint density at radius 3 is 2.11 bits per heavy atom. The van der Waals surface area contributed by atoms with Gasteiger partial charge in [0.2, 0.25) is 5.91 Å². The standard InChI is InChI=1S/C35H44N4O13S2/c1-20-29-28(21(2)41)32(42)39(29)30(33(43)52-35(45)51-19-23-7-11-26(49-4)12-8-23)31(20)53-27-15-24(16-37-54(46,47)36-13-14-40)38(17-27)34(44)50-18-22-5-9-25(48-3)10-6-22/h5-12,20-21,24,27-29,36-37,40-41H,13-19H2,1-4H3/t20-,21-,24+,27+,28-,29-/m1/s1. The molecule has 3 heterocycles. The first-order valence-corrected chi connectivity index (χ1v) is 19.5. The molecule has 0 radical (unpaired) electrons. The molecule has 2 aromatic rings. The molecule has 0 aliphatic carbocycles. The van der Waals surface area contributed by atoms with E-state index in [0.717, 1.165) is 0 Å². The molecule has 19 heteroatoms. The van der Waals surface area contributed by atoms with Gasteiger partial charge in [0, 0.05) is 41.7 Å². The third-order valence-electron chi connectivity index (χ3n) is 9.33. The van der Waals surface area contributed by atoms with Gasteiger partial charge in [0.05, 0.1) is 38.9 Å². The minimum atomic E-state index is -4.02. The monoisotopic (exact) mass is 792 g/mol. The molecule has 3 aliphatic rings. The third kappa shape index (κ3) is 9.45. The SMILES string of the molecule is COc1ccc(COC(=O)OC(=O)C2=C(S[C@H]3C[C@@H](CNS(=O)(=O)NCCO)N(C(=O)OCc4ccc(OC)cc4)C3)[C@H](C)[C@@H]3[C@@H]([C@@H](C)O)C(=O)N23)cc1. The molecule has 294 valence electrons. The van der Waals surface area contributed by atoms with E-state index in [1.54, 1.807) is 55.5 Å². The van der Waals surface area contributed by atoms with Gasteiger partial charge in [-0.05, 0) is 48.7 Å². The van der Waals surface area contributed by atoms with E-state index in [9.17, 15) is 32.7 Å². The molecule has 3 aliphatic heterocycles. The van der Waals surface area contributed by atoms with E-state index in [2.05, 4.69) is 9.44 Å². The zero-order valence-electron chi connectivity index (χ0n) is 30.1. The van der Waals surface area contributed by atoms with E-state index in [1.165, 1.54) is 42.7 Å². The summed E-state index contributed by atoms with van der Waals surface area (Å²) in [6, 6.07) is 12.3. The number of methoxy groups -OCH3 is 2. The number of aliphatic hydroxyl groups excluding tert-OH is 2. The van der Waals surface area contributed by atoms with Gasteiger partial charge in [-0.25, -0.2) is 23.8 Å². The Bertz CT molecular complexity index is 1820. The Kier molecular flexibility index (Phi) is 13.5. The first-order chi connectivity index (χ1) is 25.8. The number of likely N-dealkylation sites (tertiary alicyclic amines) is 1. The van der Waals surface area contributed by atoms with Crippen LogP contribution in [0, 0.1) is 11.8 Å². The first-order valence-electron chi connectivity index (χ1n) is 17.1. The molecule has 0 bridgehead atoms. The molecule has 2 aromatic carbocycles. The number of β-lactam (4-membered cyclic amide) rings is 1. The van der Waals surface area contributed by atoms with Crippen molar-refractivity contribution in [1.82, 2.24) is 19.2 Å². The number of hydrogen-bond acceptors (Lipinski definition) is 14. The summed E-state index contributed by atoms with van der Waals surface area (Å²) >= 11 is 1.20. The molecule has 0 unspecified atom stereocenters. The predicted molar refractivity (Wildman–Crippen MR) is 193 cm³/mol. The van der Waals surface area contributed by atoms with E-state index in [0.29, 0.717) is 27.5 Å². The van der Waals surface area contributed by atoms with Crippen LogP contribution in [0.1, 0.15) is 31.4 Å². The summed E-state index contributed by atoms with van der Waals surface area (Å²) in [6.07, 6.45) is -2.76. The van der Waals surface area contributed by atoms with Crippen LogP contribution in [0.2, 0.25) is 0 Å². The lowest BCUT2D eigenvalue weighted by Crippen LogP contribution is -2.63. The minimum Gasteiger partial charge on any atom is -0.497 e. The fourth-order valence-electron chi connectivity index (χ4n) is 6.63. The largest absolute Gasteiger partial charge is 0.516 e. The lowest BCUT2D eigenvalue weighted by molar-refractivity contribution is -0.163. The zero-order valence-corrected chi connectivity index (χ0v) is 31.8. The molecule has 2 amide bonds. The second-order valence-electron chi connectivity index (χ2n) is 12.9. The zero-order chi connectivity index (χ0) is 39.2. The number of carbonyl (C=O) groups is 4. The maximum Gasteiger partial charge on any atom is 0.516 e. The average molecular weight is 793 g/mol. The Morgan fingerprint density at radius 2 is 1.56 bits per heavy atom. The topological polar surface area (TPSA) is 220 Å². The van der Waals surface area contributed by atoms with Crippen molar-refractivity contribution in [3.05, 3.63) is 70.3 Å². The van der Waals surface area contributed by atoms with E-state index >= 15 is 0 Å². The predicted octanol–water partition coefficient (Wildman–Crippen LogP) is 1.88. The highest BCUT2D eigenvalue weighted by Gasteiger charge is 2.61. The molecule has 0 saturated carbocycles. The van der Waals surface area contributed by atoms with Gasteiger partial charge < -0.3 is 43.7 Å². The Morgan fingerprint density at radius 1 is 0.963 bits per heavy atom. The van der Waals surface area contributed by atoms with Crippen LogP contribution < -0.4 is 18.9 Å². The summed E-state index contributed by atoms with van der Waals surface area (Å²) in [4.78, 5) is 56.1. The number of amides is 2. The van der Waals surface area contributed by atoms with Crippen molar-refractivity contribution in [2.75, 3.05) is 40.5 Å². The molecule has 2 saturated heterocycles. The highest BCUT2D eigenvalue weighted by molar-refractivity contribution is 8.03. The molecule has 2 fully saturated rings. The summed E-state index contributed by atoms with van der Waals surface area (Å²) in [5.74, 6) is -1.66. The van der Waals surface area contributed by atoms with Gasteiger partial charge >= 0.3 is 18.2 Å². The molecule has 4 N–H and O–H groups in total. The molecule has 5 rings (SSSR count). The highest BCUT2D eigenvalue weighted by Crippen LogP contribution is 2.52. The van der Waals surface area contributed by atoms with Crippen LogP contribution in [0.5, 0.6) is 11.5 Å². The number of fused-ring (bicyclic) bond motifs is 1. The molecule has 6 atom stereocenters. The number of rotatable bonds is 16. The minimum absolute atomic E-state index is 0.0696. The number of nitrogens with one attached hydrogen (secondary N) is 2. The van der Waals surface area contributed by atoms with Crippen molar-refractivity contribution < 1.29 is 61.5 Å². The molecule has 0 spiro atoms. The summed E-state index contributed by atoms with van der Waals surface area (Å²) in [5, 5.41) is 19.0. The maximum atomic E-state index is 13.6. The molecule has 54 heavy (non-hydrogen) atoms. The first kappa shape index (κ1) is 40.8.